The van der Waals surface area contributed by atoms with Crippen molar-refractivity contribution in [1.82, 2.24) is 10.0 Å². The molecular formula is C24H20Br2Cl2N2O4. The zero-order chi connectivity index (χ0) is 24.7. The van der Waals surface area contributed by atoms with Crippen LogP contribution in [0.2, 0.25) is 10.0 Å². The van der Waals surface area contributed by atoms with Gasteiger partial charge in [-0.15, -0.1) is 0 Å². The predicted molar refractivity (Wildman–Crippen MR) is 137 cm³/mol. The van der Waals surface area contributed by atoms with Gasteiger partial charge in [0.15, 0.2) is 5.78 Å². The summed E-state index contributed by atoms with van der Waals surface area (Å²) < 4.78 is 0. The van der Waals surface area contributed by atoms with Gasteiger partial charge in [0, 0.05) is 20.8 Å². The summed E-state index contributed by atoms with van der Waals surface area (Å²) in [5.41, 5.74) is 1.45. The van der Waals surface area contributed by atoms with E-state index in [0.29, 0.717) is 18.4 Å². The summed E-state index contributed by atoms with van der Waals surface area (Å²) in [6.07, 6.45) is 0.894. The highest BCUT2D eigenvalue weighted by Gasteiger charge is 2.54. The molecule has 2 aliphatic rings. The van der Waals surface area contributed by atoms with Gasteiger partial charge < -0.3 is 0 Å². The van der Waals surface area contributed by atoms with Crippen LogP contribution in [0.4, 0.5) is 0 Å². The molecule has 1 heterocycles. The van der Waals surface area contributed by atoms with E-state index in [1.807, 2.05) is 6.92 Å². The predicted octanol–water partition coefficient (Wildman–Crippen LogP) is 5.46. The maximum Gasteiger partial charge on any atom is 0.273 e. The molecule has 2 aromatic rings. The minimum absolute atomic E-state index is 0.0128. The average molecular weight is 631 g/mol. The van der Waals surface area contributed by atoms with Crippen LogP contribution in [0, 0.1) is 18.8 Å². The van der Waals surface area contributed by atoms with Crippen molar-refractivity contribution < 1.29 is 19.2 Å². The number of imide groups is 1. The number of hydrogen-bond acceptors (Lipinski definition) is 4. The van der Waals surface area contributed by atoms with Crippen molar-refractivity contribution >= 4 is 78.6 Å². The third-order valence-corrected chi connectivity index (χ3v) is 9.67. The number of carbonyl (C=O) groups is 4. The summed E-state index contributed by atoms with van der Waals surface area (Å²) in [5, 5.41) is 2.20. The second-order valence-corrected chi connectivity index (χ2v) is 11.7. The molecule has 0 radical (unpaired) electrons. The lowest BCUT2D eigenvalue weighted by Gasteiger charge is -2.30. The summed E-state index contributed by atoms with van der Waals surface area (Å²) in [4.78, 5) is 53.4. The fraction of sp³-hybridized carbons (Fsp3) is 0.333. The highest BCUT2D eigenvalue weighted by molar-refractivity contribution is 9.12. The van der Waals surface area contributed by atoms with Gasteiger partial charge >= 0.3 is 0 Å². The van der Waals surface area contributed by atoms with Gasteiger partial charge in [0.1, 0.15) is 6.54 Å². The van der Waals surface area contributed by atoms with E-state index in [-0.39, 0.29) is 25.3 Å². The van der Waals surface area contributed by atoms with Crippen molar-refractivity contribution in [2.24, 2.45) is 11.8 Å². The van der Waals surface area contributed by atoms with Gasteiger partial charge in [-0.25, -0.2) is 5.01 Å². The zero-order valence-electron chi connectivity index (χ0n) is 18.0. The number of ketones is 1. The lowest BCUT2D eigenvalue weighted by atomic mass is 9.81. The Hall–Kier alpha value is -1.74. The summed E-state index contributed by atoms with van der Waals surface area (Å²) in [7, 11) is 0. The minimum atomic E-state index is -0.690. The monoisotopic (exact) mass is 628 g/mol. The molecule has 1 aliphatic carbocycles. The number of hydrogen-bond donors (Lipinski definition) is 0. The van der Waals surface area contributed by atoms with E-state index in [1.165, 1.54) is 18.2 Å². The van der Waals surface area contributed by atoms with Gasteiger partial charge in [0.2, 0.25) is 0 Å². The maximum absolute atomic E-state index is 13.5. The van der Waals surface area contributed by atoms with Crippen LogP contribution in [0.5, 0.6) is 0 Å². The first-order valence-corrected chi connectivity index (χ1v) is 13.2. The van der Waals surface area contributed by atoms with Crippen LogP contribution in [0.15, 0.2) is 42.5 Å². The number of Topliss-reactive ketones (excluding diaryl/α,β-unsaturated/α-hetero) is 1. The minimum Gasteiger partial charge on any atom is -0.292 e. The molecule has 0 N–H and O–H groups in total. The number of alkyl halides is 2. The number of benzene rings is 2. The van der Waals surface area contributed by atoms with Crippen molar-refractivity contribution in [3.63, 3.8) is 0 Å². The number of rotatable bonds is 5. The van der Waals surface area contributed by atoms with Crippen LogP contribution in [-0.2, 0) is 9.59 Å². The smallest absolute Gasteiger partial charge is 0.273 e. The molecule has 3 amide bonds. The Morgan fingerprint density at radius 2 is 1.44 bits per heavy atom. The van der Waals surface area contributed by atoms with Crippen molar-refractivity contribution in [3.05, 3.63) is 69.2 Å². The lowest BCUT2D eigenvalue weighted by molar-refractivity contribution is -0.154. The quantitative estimate of drug-likeness (QED) is 0.250. The largest absolute Gasteiger partial charge is 0.292 e. The molecule has 1 saturated heterocycles. The van der Waals surface area contributed by atoms with Crippen LogP contribution in [0.3, 0.4) is 0 Å². The van der Waals surface area contributed by atoms with Crippen molar-refractivity contribution in [2.45, 2.75) is 29.4 Å². The SMILES string of the molecule is Cc1ccc(C(=O)CN(C(=O)c2ccc(Cl)c(Cl)c2)N2C(=O)[C@H]3C[C@@H](Br)[C@@H](Br)C[C@H]3C2=O)cc1. The maximum atomic E-state index is 13.5. The Labute approximate surface area is 223 Å². The molecule has 2 aromatic carbocycles. The van der Waals surface area contributed by atoms with Crippen molar-refractivity contribution in [1.29, 1.82) is 0 Å². The molecular weight excluding hydrogens is 611 g/mol. The first-order valence-electron chi connectivity index (χ1n) is 10.6. The lowest BCUT2D eigenvalue weighted by Crippen LogP contribution is -2.52. The van der Waals surface area contributed by atoms with Crippen molar-refractivity contribution in [3.8, 4) is 0 Å². The Morgan fingerprint density at radius 3 is 1.97 bits per heavy atom. The van der Waals surface area contributed by atoms with Crippen LogP contribution >= 0.6 is 55.1 Å². The molecule has 1 aliphatic heterocycles. The van der Waals surface area contributed by atoms with E-state index in [1.54, 1.807) is 24.3 Å². The first-order chi connectivity index (χ1) is 16.1. The van der Waals surface area contributed by atoms with E-state index in [9.17, 15) is 19.2 Å². The van der Waals surface area contributed by atoms with Gasteiger partial charge in [-0.3, -0.25) is 19.2 Å². The molecule has 1 saturated carbocycles. The topological polar surface area (TPSA) is 74.8 Å². The standard InChI is InChI=1S/C24H20Br2Cl2N2O4/c1-12-2-4-13(5-3-12)21(31)11-29(22(32)14-6-7-19(27)20(28)8-14)30-23(33)15-9-17(25)18(26)10-16(15)24(30)34/h2-8,15-18H,9-11H2,1H3/t15-,16+,17+,18-. The molecule has 4 atom stereocenters. The van der Waals surface area contributed by atoms with E-state index in [4.69, 9.17) is 23.2 Å². The summed E-state index contributed by atoms with van der Waals surface area (Å²) >= 11 is 19.2. The number of aryl methyl sites for hydroxylation is 1. The second-order valence-electron chi connectivity index (χ2n) is 8.49. The Balaban J connectivity index is 1.71. The van der Waals surface area contributed by atoms with Gasteiger partial charge in [0.25, 0.3) is 17.7 Å². The van der Waals surface area contributed by atoms with Crippen LogP contribution in [-0.4, -0.2) is 49.7 Å². The third-order valence-electron chi connectivity index (χ3n) is 6.20. The van der Waals surface area contributed by atoms with Gasteiger partial charge in [0.05, 0.1) is 21.9 Å². The molecule has 6 nitrogen and oxygen atoms in total. The molecule has 2 fully saturated rings. The van der Waals surface area contributed by atoms with Crippen LogP contribution in [0.25, 0.3) is 0 Å². The molecule has 0 unspecified atom stereocenters. The summed E-state index contributed by atoms with van der Waals surface area (Å²) in [6.45, 7) is 1.42. The van der Waals surface area contributed by atoms with E-state index in [2.05, 4.69) is 31.9 Å². The third kappa shape index (κ3) is 4.83. The van der Waals surface area contributed by atoms with Crippen molar-refractivity contribution in [2.75, 3.05) is 6.54 Å². The molecule has 34 heavy (non-hydrogen) atoms. The summed E-state index contributed by atoms with van der Waals surface area (Å²) in [6, 6.07) is 11.1. The molecule has 0 bridgehead atoms. The van der Waals surface area contributed by atoms with E-state index >= 15 is 0 Å². The van der Waals surface area contributed by atoms with Gasteiger partial charge in [-0.1, -0.05) is 84.9 Å². The number of carbonyl (C=O) groups excluding carboxylic acids is 4. The summed E-state index contributed by atoms with van der Waals surface area (Å²) in [5.74, 6) is -3.19. The Morgan fingerprint density at radius 1 is 0.912 bits per heavy atom. The molecule has 0 aromatic heterocycles. The van der Waals surface area contributed by atoms with Crippen LogP contribution in [0.1, 0.15) is 39.1 Å². The number of halogens is 4. The molecule has 0 spiro atoms. The number of fused-ring (bicyclic) bond motifs is 1. The second kappa shape index (κ2) is 10.1. The Bertz CT molecular complexity index is 1150. The highest BCUT2D eigenvalue weighted by Crippen LogP contribution is 2.43. The van der Waals surface area contributed by atoms with Gasteiger partial charge in [-0.2, -0.15) is 5.01 Å². The number of nitrogens with zero attached hydrogens (tertiary/aromatic N) is 2. The normalized spacial score (nSPS) is 24.2. The fourth-order valence-electron chi connectivity index (χ4n) is 4.29. The molecule has 4 rings (SSSR count). The Kier molecular flexibility index (Phi) is 7.53. The average Bonchev–Trinajstić information content (AvgIpc) is 3.03. The van der Waals surface area contributed by atoms with E-state index < -0.39 is 41.9 Å². The van der Waals surface area contributed by atoms with Crippen LogP contribution < -0.4 is 0 Å². The van der Waals surface area contributed by atoms with E-state index in [0.717, 1.165) is 15.6 Å². The van der Waals surface area contributed by atoms with Gasteiger partial charge in [-0.05, 0) is 38.0 Å². The fourth-order valence-corrected chi connectivity index (χ4v) is 5.83. The zero-order valence-corrected chi connectivity index (χ0v) is 22.7. The number of amides is 3. The molecule has 10 heteroatoms. The molecule has 178 valence electrons. The first kappa shape index (κ1) is 25.4. The number of hydrazine groups is 1. The highest BCUT2D eigenvalue weighted by atomic mass is 79.9.